The minimum Gasteiger partial charge on any atom is -0.481 e. The molecule has 3 fully saturated rings. The lowest BCUT2D eigenvalue weighted by molar-refractivity contribution is -0.130. The number of likely N-dealkylation sites (tertiary alicyclic amines) is 2. The highest BCUT2D eigenvalue weighted by Gasteiger charge is 2.57. The Morgan fingerprint density at radius 2 is 1.67 bits per heavy atom. The first kappa shape index (κ1) is 29.8. The highest BCUT2D eigenvalue weighted by atomic mass is 16.6. The van der Waals surface area contributed by atoms with Crippen molar-refractivity contribution in [1.82, 2.24) is 24.7 Å². The lowest BCUT2D eigenvalue weighted by Crippen LogP contribution is -2.66. The van der Waals surface area contributed by atoms with Crippen LogP contribution in [0.4, 0.5) is 4.79 Å². The molecular formula is C35H43N5O5. The maximum atomic E-state index is 13.9. The number of nitrogens with zero attached hydrogens (tertiary/aromatic N) is 5. The normalized spacial score (nSPS) is 23.7. The maximum Gasteiger partial charge on any atom is 0.417 e. The predicted octanol–water partition coefficient (Wildman–Crippen LogP) is 6.33. The van der Waals surface area contributed by atoms with Crippen LogP contribution in [0.5, 0.6) is 5.88 Å². The fourth-order valence-electron chi connectivity index (χ4n) is 7.60. The van der Waals surface area contributed by atoms with Crippen molar-refractivity contribution in [3.8, 4) is 5.88 Å². The molecule has 0 bridgehead atoms. The van der Waals surface area contributed by atoms with Crippen molar-refractivity contribution < 1.29 is 23.7 Å². The average Bonchev–Trinajstić information content (AvgIpc) is 3.29. The highest BCUT2D eigenvalue weighted by molar-refractivity contribution is 5.80. The molecule has 7 rings (SSSR count). The van der Waals surface area contributed by atoms with E-state index >= 15 is 0 Å². The van der Waals surface area contributed by atoms with E-state index in [-0.39, 0.29) is 0 Å². The van der Waals surface area contributed by atoms with Crippen LogP contribution in [0.1, 0.15) is 69.8 Å². The molecule has 0 N–H and O–H groups in total. The molecular weight excluding hydrogens is 570 g/mol. The third-order valence-corrected chi connectivity index (χ3v) is 9.76. The van der Waals surface area contributed by atoms with Crippen LogP contribution in [0.3, 0.4) is 0 Å². The Morgan fingerprint density at radius 3 is 2.33 bits per heavy atom. The molecule has 5 aliphatic rings. The van der Waals surface area contributed by atoms with Crippen molar-refractivity contribution >= 4 is 17.1 Å². The van der Waals surface area contributed by atoms with E-state index in [1.807, 2.05) is 30.5 Å². The maximum absolute atomic E-state index is 13.9. The zero-order valence-electron chi connectivity index (χ0n) is 26.2. The molecule has 1 aliphatic carbocycles. The summed E-state index contributed by atoms with van der Waals surface area (Å²) in [7, 11) is 1.64. The lowest BCUT2D eigenvalue weighted by atomic mass is 9.87. The number of methoxy groups -OCH3 is 1. The monoisotopic (exact) mass is 613 g/mol. The number of fused-ring (bicyclic) bond motifs is 1. The summed E-state index contributed by atoms with van der Waals surface area (Å²) in [6.45, 7) is 3.90. The molecule has 6 heterocycles. The fraction of sp³-hybridized carbons (Fsp3) is 0.514. The van der Waals surface area contributed by atoms with Crippen LogP contribution in [0.15, 0.2) is 72.4 Å². The minimum atomic E-state index is -0.773. The number of carbonyl (C=O) groups is 1. The highest BCUT2D eigenvalue weighted by Crippen LogP contribution is 2.45. The number of amides is 1. The quantitative estimate of drug-likeness (QED) is 0.356. The number of hydrogen-bond acceptors (Lipinski definition) is 9. The summed E-state index contributed by atoms with van der Waals surface area (Å²) in [5.74, 6) is 1.50. The number of aromatic nitrogens is 2. The van der Waals surface area contributed by atoms with Gasteiger partial charge in [0, 0.05) is 44.0 Å². The van der Waals surface area contributed by atoms with Gasteiger partial charge in [0.2, 0.25) is 11.8 Å². The Balaban J connectivity index is 1.34. The number of carbonyl (C=O) groups excluding carboxylic acids is 1. The van der Waals surface area contributed by atoms with Crippen molar-refractivity contribution in [3.63, 3.8) is 0 Å². The summed E-state index contributed by atoms with van der Waals surface area (Å²) in [5, 5.41) is 0. The van der Waals surface area contributed by atoms with E-state index < -0.39 is 17.9 Å². The van der Waals surface area contributed by atoms with E-state index in [2.05, 4.69) is 21.9 Å². The van der Waals surface area contributed by atoms with Gasteiger partial charge in [-0.05, 0) is 56.2 Å². The van der Waals surface area contributed by atoms with Gasteiger partial charge in [-0.15, -0.1) is 0 Å². The standard InChI is InChI=1S/C35H43N5O5/c1-42-31-16-15-28-33(37-31)27(17-18-36-28)35(38-19-9-2-3-10-20-38,39-21-11-4-5-12-22-39)30-23-40(34(41)45-30)32-25-43-24-29(44-32)26-13-7-6-8-14-26/h6-7,13,15-18,24-25,30H,2-5,8-12,14,19-23H2,1H3/t30-/m1/s1. The lowest BCUT2D eigenvalue weighted by Gasteiger charge is -2.53. The summed E-state index contributed by atoms with van der Waals surface area (Å²) < 4.78 is 24.2. The summed E-state index contributed by atoms with van der Waals surface area (Å²) in [4.78, 5) is 30.4. The van der Waals surface area contributed by atoms with Crippen molar-refractivity contribution in [3.05, 3.63) is 77.9 Å². The molecule has 10 heteroatoms. The van der Waals surface area contributed by atoms with Gasteiger partial charge in [-0.1, -0.05) is 43.9 Å². The van der Waals surface area contributed by atoms with Crippen LogP contribution in [0.25, 0.3) is 11.0 Å². The van der Waals surface area contributed by atoms with Crippen LogP contribution in [-0.4, -0.2) is 76.7 Å². The second-order valence-electron chi connectivity index (χ2n) is 12.4. The molecule has 238 valence electrons. The smallest absolute Gasteiger partial charge is 0.417 e. The van der Waals surface area contributed by atoms with Gasteiger partial charge < -0.3 is 18.9 Å². The third kappa shape index (κ3) is 5.70. The van der Waals surface area contributed by atoms with Gasteiger partial charge in [-0.3, -0.25) is 14.8 Å². The fourth-order valence-corrected chi connectivity index (χ4v) is 7.60. The molecule has 2 aromatic rings. The second kappa shape index (κ2) is 13.2. The summed E-state index contributed by atoms with van der Waals surface area (Å²) in [6, 6.07) is 5.91. The van der Waals surface area contributed by atoms with E-state index in [0.717, 1.165) is 86.9 Å². The van der Waals surface area contributed by atoms with Crippen molar-refractivity contribution in [2.24, 2.45) is 0 Å². The van der Waals surface area contributed by atoms with Crippen LogP contribution < -0.4 is 4.74 Å². The summed E-state index contributed by atoms with van der Waals surface area (Å²) in [5.41, 5.74) is 2.84. The van der Waals surface area contributed by atoms with Gasteiger partial charge in [-0.2, -0.15) is 0 Å². The Hall–Kier alpha value is -3.89. The molecule has 4 aliphatic heterocycles. The van der Waals surface area contributed by atoms with Gasteiger partial charge in [0.25, 0.3) is 0 Å². The Morgan fingerprint density at radius 1 is 0.933 bits per heavy atom. The zero-order valence-corrected chi connectivity index (χ0v) is 26.2. The Kier molecular flexibility index (Phi) is 8.76. The number of cyclic esters (lactones) is 1. The van der Waals surface area contributed by atoms with Gasteiger partial charge in [0.05, 0.1) is 24.7 Å². The van der Waals surface area contributed by atoms with Crippen LogP contribution in [-0.2, 0) is 19.9 Å². The van der Waals surface area contributed by atoms with Gasteiger partial charge in [-0.25, -0.2) is 14.7 Å². The van der Waals surface area contributed by atoms with Crippen molar-refractivity contribution in [2.75, 3.05) is 39.8 Å². The molecule has 0 saturated carbocycles. The molecule has 3 saturated heterocycles. The number of ether oxygens (including phenoxy) is 4. The molecule has 1 amide bonds. The Bertz CT molecular complexity index is 1500. The number of pyridine rings is 2. The molecule has 2 aromatic heterocycles. The predicted molar refractivity (Wildman–Crippen MR) is 170 cm³/mol. The average molecular weight is 614 g/mol. The first-order chi connectivity index (χ1) is 22.2. The first-order valence-corrected chi connectivity index (χ1v) is 16.6. The molecule has 0 radical (unpaired) electrons. The van der Waals surface area contributed by atoms with E-state index in [1.165, 1.54) is 31.9 Å². The molecule has 1 atom stereocenters. The molecule has 0 spiro atoms. The molecule has 10 nitrogen and oxygen atoms in total. The topological polar surface area (TPSA) is 89.5 Å². The van der Waals surface area contributed by atoms with Gasteiger partial charge in [0.15, 0.2) is 18.1 Å². The summed E-state index contributed by atoms with van der Waals surface area (Å²) in [6.07, 6.45) is 21.1. The van der Waals surface area contributed by atoms with Gasteiger partial charge in [0.1, 0.15) is 11.9 Å². The van der Waals surface area contributed by atoms with E-state index in [9.17, 15) is 4.79 Å². The van der Waals surface area contributed by atoms with Crippen LogP contribution in [0.2, 0.25) is 0 Å². The Labute approximate surface area is 265 Å². The first-order valence-electron chi connectivity index (χ1n) is 16.6. The number of rotatable bonds is 7. The summed E-state index contributed by atoms with van der Waals surface area (Å²) >= 11 is 0. The van der Waals surface area contributed by atoms with Crippen LogP contribution >= 0.6 is 0 Å². The number of hydrogen-bond donors (Lipinski definition) is 0. The van der Waals surface area contributed by atoms with E-state index in [0.29, 0.717) is 24.1 Å². The van der Waals surface area contributed by atoms with E-state index in [4.69, 9.17) is 28.9 Å². The van der Waals surface area contributed by atoms with E-state index in [1.54, 1.807) is 18.3 Å². The van der Waals surface area contributed by atoms with Crippen molar-refractivity contribution in [1.29, 1.82) is 0 Å². The minimum absolute atomic E-state index is 0.307. The zero-order chi connectivity index (χ0) is 30.6. The molecule has 0 aromatic carbocycles. The number of allylic oxidation sites excluding steroid dienone is 4. The molecule has 0 unspecified atom stereocenters. The molecule has 45 heavy (non-hydrogen) atoms. The largest absolute Gasteiger partial charge is 0.481 e. The van der Waals surface area contributed by atoms with Crippen molar-refractivity contribution in [2.45, 2.75) is 76.0 Å². The second-order valence-corrected chi connectivity index (χ2v) is 12.4. The SMILES string of the molecule is COc1ccc2nccc(C([C@H]3CN(C4=COC=C(C5=CC=CCC5)O4)C(=O)O3)(N3CCCCCC3)N3CCCCCC3)c2n1. The van der Waals surface area contributed by atoms with Gasteiger partial charge >= 0.3 is 6.09 Å². The van der Waals surface area contributed by atoms with Crippen LogP contribution in [0, 0.1) is 0 Å². The third-order valence-electron chi connectivity index (χ3n) is 9.76.